The summed E-state index contributed by atoms with van der Waals surface area (Å²) < 4.78 is 4.66. The molecule has 32 heavy (non-hydrogen) atoms. The first-order chi connectivity index (χ1) is 15.5. The summed E-state index contributed by atoms with van der Waals surface area (Å²) in [7, 11) is 1.24. The second-order valence-electron chi connectivity index (χ2n) is 8.94. The minimum atomic E-state index is -1.26. The van der Waals surface area contributed by atoms with Crippen LogP contribution in [0, 0.1) is 17.8 Å². The van der Waals surface area contributed by atoms with Gasteiger partial charge in [-0.25, -0.2) is 4.79 Å². The lowest BCUT2D eigenvalue weighted by Crippen LogP contribution is -2.34. The van der Waals surface area contributed by atoms with Crippen molar-refractivity contribution in [1.29, 1.82) is 0 Å². The molecular weight excluding hydrogens is 428 g/mol. The Hall–Kier alpha value is -0.890. The number of aliphatic hydroxyl groups is 3. The highest BCUT2D eigenvalue weighted by molar-refractivity contribution is 8.00. The minimum absolute atomic E-state index is 0.121. The maximum absolute atomic E-state index is 11.8. The summed E-state index contributed by atoms with van der Waals surface area (Å²) >= 11 is 1.29. The Labute approximate surface area is 198 Å². The zero-order valence-corrected chi connectivity index (χ0v) is 20.7. The molecule has 1 rings (SSSR count). The molecule has 1 aliphatic rings. The summed E-state index contributed by atoms with van der Waals surface area (Å²) in [6.07, 6.45) is 15.1. The monoisotopic (exact) mass is 472 g/mol. The molecule has 186 valence electrons. The highest BCUT2D eigenvalue weighted by atomic mass is 32.2. The Morgan fingerprint density at radius 2 is 1.88 bits per heavy atom. The van der Waals surface area contributed by atoms with Crippen LogP contribution in [0.1, 0.15) is 77.6 Å². The number of hydrogen-bond acceptors (Lipinski definition) is 7. The molecule has 0 saturated heterocycles. The Kier molecular flexibility index (Phi) is 16.0. The molecule has 0 aromatic heterocycles. The molecule has 0 aliphatic heterocycles. The number of aliphatic hydroxyl groups excluding tert-OH is 3. The van der Waals surface area contributed by atoms with Crippen LogP contribution >= 0.6 is 11.8 Å². The van der Waals surface area contributed by atoms with E-state index < -0.39 is 23.4 Å². The Morgan fingerprint density at radius 3 is 2.53 bits per heavy atom. The summed E-state index contributed by atoms with van der Waals surface area (Å²) in [4.78, 5) is 23.3. The van der Waals surface area contributed by atoms with Gasteiger partial charge in [-0.15, -0.1) is 0 Å². The fraction of sp³-hybridized carbons (Fsp3) is 0.840. The van der Waals surface area contributed by atoms with Crippen LogP contribution in [0.25, 0.3) is 0 Å². The third kappa shape index (κ3) is 10.8. The molecule has 1 saturated carbocycles. The SMILES string of the molecule is CCCCCCC=C[C@H]1CC[C@@H](C=O)[C@@H]1CCCCC(SCC(O)CO)C(O)C(=O)OC. The highest BCUT2D eigenvalue weighted by Gasteiger charge is 2.34. The number of carbonyl (C=O) groups excluding carboxylic acids is 2. The molecule has 6 nitrogen and oxygen atoms in total. The number of ether oxygens (including phenoxy) is 1. The number of thioether (sulfide) groups is 1. The molecule has 0 heterocycles. The van der Waals surface area contributed by atoms with Crippen LogP contribution in [0.5, 0.6) is 0 Å². The molecule has 7 heteroatoms. The van der Waals surface area contributed by atoms with Gasteiger partial charge in [-0.05, 0) is 50.4 Å². The first-order valence-electron chi connectivity index (χ1n) is 12.3. The van der Waals surface area contributed by atoms with Crippen molar-refractivity contribution in [3.8, 4) is 0 Å². The van der Waals surface area contributed by atoms with Gasteiger partial charge in [0.25, 0.3) is 0 Å². The van der Waals surface area contributed by atoms with E-state index in [2.05, 4.69) is 23.8 Å². The first-order valence-corrected chi connectivity index (χ1v) is 13.3. The molecular formula is C25H44O6S. The second kappa shape index (κ2) is 17.6. The van der Waals surface area contributed by atoms with Crippen molar-refractivity contribution in [2.75, 3.05) is 19.5 Å². The average molecular weight is 473 g/mol. The van der Waals surface area contributed by atoms with Gasteiger partial charge in [0.05, 0.1) is 19.8 Å². The molecule has 6 atom stereocenters. The number of methoxy groups -OCH3 is 1. The Morgan fingerprint density at radius 1 is 1.12 bits per heavy atom. The Balaban J connectivity index is 2.52. The van der Waals surface area contributed by atoms with Crippen molar-refractivity contribution in [3.63, 3.8) is 0 Å². The Bertz CT molecular complexity index is 541. The molecule has 3 N–H and O–H groups in total. The van der Waals surface area contributed by atoms with Crippen molar-refractivity contribution in [3.05, 3.63) is 12.2 Å². The molecule has 0 bridgehead atoms. The van der Waals surface area contributed by atoms with Gasteiger partial charge in [0.15, 0.2) is 6.10 Å². The first kappa shape index (κ1) is 29.1. The van der Waals surface area contributed by atoms with Crippen LogP contribution in [0.2, 0.25) is 0 Å². The zero-order valence-electron chi connectivity index (χ0n) is 19.9. The van der Waals surface area contributed by atoms with Gasteiger partial charge in [-0.2, -0.15) is 11.8 Å². The summed E-state index contributed by atoms with van der Waals surface area (Å²) in [6.45, 7) is 1.87. The van der Waals surface area contributed by atoms with E-state index in [1.165, 1.54) is 44.6 Å². The smallest absolute Gasteiger partial charge is 0.335 e. The average Bonchev–Trinajstić information content (AvgIpc) is 3.21. The van der Waals surface area contributed by atoms with Gasteiger partial charge < -0.3 is 24.9 Å². The maximum Gasteiger partial charge on any atom is 0.335 e. The van der Waals surface area contributed by atoms with Gasteiger partial charge >= 0.3 is 5.97 Å². The number of hydrogen-bond donors (Lipinski definition) is 3. The van der Waals surface area contributed by atoms with Crippen LogP contribution < -0.4 is 0 Å². The third-order valence-electron chi connectivity index (χ3n) is 6.50. The van der Waals surface area contributed by atoms with E-state index in [1.807, 2.05) is 0 Å². The molecule has 0 radical (unpaired) electrons. The molecule has 3 unspecified atom stereocenters. The lowest BCUT2D eigenvalue weighted by atomic mass is 9.85. The van der Waals surface area contributed by atoms with Gasteiger partial charge in [0.2, 0.25) is 0 Å². The lowest BCUT2D eigenvalue weighted by Gasteiger charge is -2.23. The van der Waals surface area contributed by atoms with E-state index in [9.17, 15) is 19.8 Å². The van der Waals surface area contributed by atoms with E-state index in [1.54, 1.807) is 0 Å². The van der Waals surface area contributed by atoms with E-state index in [4.69, 9.17) is 5.11 Å². The lowest BCUT2D eigenvalue weighted by molar-refractivity contribution is -0.150. The van der Waals surface area contributed by atoms with Crippen molar-refractivity contribution in [2.24, 2.45) is 17.8 Å². The van der Waals surface area contributed by atoms with Gasteiger partial charge in [0, 0.05) is 16.9 Å². The minimum Gasteiger partial charge on any atom is -0.467 e. The quantitative estimate of drug-likeness (QED) is 0.120. The molecule has 0 aromatic carbocycles. The van der Waals surface area contributed by atoms with Crippen LogP contribution in [-0.4, -0.2) is 64.5 Å². The number of carbonyl (C=O) groups is 2. The fourth-order valence-electron chi connectivity index (χ4n) is 4.54. The predicted octanol–water partition coefficient (Wildman–Crippen LogP) is 3.90. The summed E-state index contributed by atoms with van der Waals surface area (Å²) in [5.74, 6) is 0.516. The van der Waals surface area contributed by atoms with E-state index in [-0.39, 0.29) is 18.3 Å². The molecule has 0 aromatic rings. The number of aldehydes is 1. The predicted molar refractivity (Wildman–Crippen MR) is 129 cm³/mol. The zero-order chi connectivity index (χ0) is 23.8. The van der Waals surface area contributed by atoms with Gasteiger partial charge in [0.1, 0.15) is 6.29 Å². The van der Waals surface area contributed by atoms with Crippen molar-refractivity contribution >= 4 is 24.0 Å². The standard InChI is InChI=1S/C25H44O6S/c1-3-4-5-6-7-8-11-19-14-15-20(16-26)22(19)12-9-10-13-23(24(29)25(30)31-2)32-18-21(28)17-27/h8,11,16,19-24,27-29H,3-7,9-10,12-15,17-18H2,1-2H3/t19-,20-,21?,22+,23?,24?/m0/s1. The van der Waals surface area contributed by atoms with Crippen LogP contribution in [0.4, 0.5) is 0 Å². The topological polar surface area (TPSA) is 104 Å². The van der Waals surface area contributed by atoms with Gasteiger partial charge in [-0.3, -0.25) is 0 Å². The van der Waals surface area contributed by atoms with Crippen molar-refractivity contribution < 1.29 is 29.6 Å². The normalized spacial score (nSPS) is 23.8. The number of unbranched alkanes of at least 4 members (excludes halogenated alkanes) is 5. The number of allylic oxidation sites excluding steroid dienone is 2. The summed E-state index contributed by atoms with van der Waals surface area (Å²) in [5, 5.41) is 28.5. The molecule has 0 spiro atoms. The van der Waals surface area contributed by atoms with E-state index in [0.29, 0.717) is 18.3 Å². The maximum atomic E-state index is 11.8. The number of esters is 1. The van der Waals surface area contributed by atoms with Crippen LogP contribution in [-0.2, 0) is 14.3 Å². The summed E-state index contributed by atoms with van der Waals surface area (Å²) in [5.41, 5.74) is 0. The van der Waals surface area contributed by atoms with Crippen molar-refractivity contribution in [1.82, 2.24) is 0 Å². The van der Waals surface area contributed by atoms with Crippen molar-refractivity contribution in [2.45, 2.75) is 95.0 Å². The number of rotatable bonds is 18. The van der Waals surface area contributed by atoms with E-state index >= 15 is 0 Å². The fourth-order valence-corrected chi connectivity index (χ4v) is 5.75. The molecule has 0 amide bonds. The highest BCUT2D eigenvalue weighted by Crippen LogP contribution is 2.40. The van der Waals surface area contributed by atoms with Gasteiger partial charge in [-0.1, -0.05) is 51.2 Å². The third-order valence-corrected chi connectivity index (χ3v) is 8.00. The second-order valence-corrected chi connectivity index (χ2v) is 10.2. The summed E-state index contributed by atoms with van der Waals surface area (Å²) in [6, 6.07) is 0. The molecule has 1 aliphatic carbocycles. The van der Waals surface area contributed by atoms with E-state index in [0.717, 1.165) is 44.8 Å². The van der Waals surface area contributed by atoms with Crippen LogP contribution in [0.15, 0.2) is 12.2 Å². The largest absolute Gasteiger partial charge is 0.467 e. The molecule has 1 fully saturated rings. The van der Waals surface area contributed by atoms with Crippen LogP contribution in [0.3, 0.4) is 0 Å².